The zero-order valence-corrected chi connectivity index (χ0v) is 14.2. The van der Waals surface area contributed by atoms with Crippen LogP contribution in [0.1, 0.15) is 46.1 Å². The van der Waals surface area contributed by atoms with Crippen LogP contribution in [0.25, 0.3) is 0 Å². The summed E-state index contributed by atoms with van der Waals surface area (Å²) < 4.78 is 5.41. The molecule has 0 saturated carbocycles. The van der Waals surface area contributed by atoms with Gasteiger partial charge in [0.25, 0.3) is 5.69 Å². The van der Waals surface area contributed by atoms with E-state index in [9.17, 15) is 14.9 Å². The van der Waals surface area contributed by atoms with E-state index >= 15 is 0 Å². The highest BCUT2D eigenvalue weighted by atomic mass is 16.6. The fourth-order valence-corrected chi connectivity index (χ4v) is 2.78. The van der Waals surface area contributed by atoms with Crippen LogP contribution >= 0.6 is 0 Å². The fraction of sp³-hybridized carbons (Fsp3) is 0.588. The molecule has 0 N–H and O–H groups in total. The minimum atomic E-state index is -0.490. The number of hydrogen-bond donors (Lipinski definition) is 0. The maximum absolute atomic E-state index is 12.1. The van der Waals surface area contributed by atoms with Crippen molar-refractivity contribution in [2.45, 2.75) is 51.6 Å². The van der Waals surface area contributed by atoms with Gasteiger partial charge in [0.15, 0.2) is 0 Å². The molecule has 23 heavy (non-hydrogen) atoms. The summed E-state index contributed by atoms with van der Waals surface area (Å²) in [7, 11) is 0. The molecule has 0 atom stereocenters. The number of carbonyl (C=O) groups is 1. The van der Waals surface area contributed by atoms with E-state index < -0.39 is 10.5 Å². The van der Waals surface area contributed by atoms with Gasteiger partial charge >= 0.3 is 6.09 Å². The third kappa shape index (κ3) is 4.21. The lowest BCUT2D eigenvalue weighted by Crippen LogP contribution is -2.45. The van der Waals surface area contributed by atoms with Gasteiger partial charge in [-0.15, -0.1) is 0 Å². The van der Waals surface area contributed by atoms with Crippen LogP contribution in [0.5, 0.6) is 0 Å². The van der Waals surface area contributed by atoms with Gasteiger partial charge in [0.1, 0.15) is 5.60 Å². The van der Waals surface area contributed by atoms with Gasteiger partial charge in [-0.05, 0) is 44.6 Å². The second kappa shape index (κ2) is 6.18. The third-order valence-electron chi connectivity index (χ3n) is 4.29. The second-order valence-electron chi connectivity index (χ2n) is 7.33. The SMILES string of the molecule is CC(C)(C)OC(=O)N1CCC(C)(c2ccc([N+](=O)[O-])cc2)CC1. The number of amides is 1. The first-order chi connectivity index (χ1) is 10.6. The van der Waals surface area contributed by atoms with Gasteiger partial charge in [0.05, 0.1) is 4.92 Å². The van der Waals surface area contributed by atoms with Gasteiger partial charge in [0, 0.05) is 25.2 Å². The second-order valence-corrected chi connectivity index (χ2v) is 7.33. The third-order valence-corrected chi connectivity index (χ3v) is 4.29. The van der Waals surface area contributed by atoms with Crippen molar-refractivity contribution in [1.82, 2.24) is 4.90 Å². The first kappa shape index (κ1) is 17.2. The van der Waals surface area contributed by atoms with Gasteiger partial charge in [-0.25, -0.2) is 4.79 Å². The first-order valence-corrected chi connectivity index (χ1v) is 7.84. The van der Waals surface area contributed by atoms with Crippen molar-refractivity contribution in [1.29, 1.82) is 0 Å². The van der Waals surface area contributed by atoms with Crippen molar-refractivity contribution in [2.24, 2.45) is 0 Å². The molecule has 0 aliphatic carbocycles. The van der Waals surface area contributed by atoms with E-state index in [0.717, 1.165) is 18.4 Å². The molecule has 1 heterocycles. The Balaban J connectivity index is 2.02. The van der Waals surface area contributed by atoms with E-state index in [1.165, 1.54) is 0 Å². The Morgan fingerprint density at radius 1 is 1.22 bits per heavy atom. The average molecular weight is 320 g/mol. The van der Waals surface area contributed by atoms with Crippen molar-refractivity contribution in [3.63, 3.8) is 0 Å². The van der Waals surface area contributed by atoms with Crippen molar-refractivity contribution in [3.8, 4) is 0 Å². The molecule has 1 aromatic carbocycles. The van der Waals surface area contributed by atoms with Crippen molar-refractivity contribution in [2.75, 3.05) is 13.1 Å². The molecule has 1 aliphatic rings. The molecule has 0 aromatic heterocycles. The quantitative estimate of drug-likeness (QED) is 0.612. The highest BCUT2D eigenvalue weighted by molar-refractivity contribution is 5.68. The van der Waals surface area contributed by atoms with Gasteiger partial charge in [-0.3, -0.25) is 10.1 Å². The number of nitro groups is 1. The highest BCUT2D eigenvalue weighted by Gasteiger charge is 2.35. The highest BCUT2D eigenvalue weighted by Crippen LogP contribution is 2.36. The Morgan fingerprint density at radius 2 is 1.74 bits per heavy atom. The normalized spacial score (nSPS) is 17.7. The number of carbonyl (C=O) groups excluding carboxylic acids is 1. The van der Waals surface area contributed by atoms with Crippen molar-refractivity contribution in [3.05, 3.63) is 39.9 Å². The number of benzene rings is 1. The summed E-state index contributed by atoms with van der Waals surface area (Å²) in [5.74, 6) is 0. The molecule has 1 aliphatic heterocycles. The molecular weight excluding hydrogens is 296 g/mol. The lowest BCUT2D eigenvalue weighted by molar-refractivity contribution is -0.384. The monoisotopic (exact) mass is 320 g/mol. The fourth-order valence-electron chi connectivity index (χ4n) is 2.78. The topological polar surface area (TPSA) is 72.7 Å². The Morgan fingerprint density at radius 3 is 2.17 bits per heavy atom. The summed E-state index contributed by atoms with van der Waals surface area (Å²) in [5.41, 5.74) is 0.611. The number of likely N-dealkylation sites (tertiary alicyclic amines) is 1. The zero-order valence-electron chi connectivity index (χ0n) is 14.2. The number of rotatable bonds is 2. The van der Waals surface area contributed by atoms with E-state index in [1.807, 2.05) is 32.9 Å². The number of nitro benzene ring substituents is 1. The lowest BCUT2D eigenvalue weighted by Gasteiger charge is -2.40. The molecule has 6 heteroatoms. The summed E-state index contributed by atoms with van der Waals surface area (Å²) in [4.78, 5) is 24.2. The van der Waals surface area contributed by atoms with Crippen LogP contribution in [-0.2, 0) is 10.2 Å². The maximum Gasteiger partial charge on any atom is 0.410 e. The van der Waals surface area contributed by atoms with E-state index in [0.29, 0.717) is 13.1 Å². The molecular formula is C17H24N2O4. The number of hydrogen-bond acceptors (Lipinski definition) is 4. The first-order valence-electron chi connectivity index (χ1n) is 7.84. The zero-order chi connectivity index (χ0) is 17.3. The molecule has 1 amide bonds. The average Bonchev–Trinajstić information content (AvgIpc) is 2.46. The summed E-state index contributed by atoms with van der Waals surface area (Å²) >= 11 is 0. The van der Waals surface area contributed by atoms with Gasteiger partial charge in [0.2, 0.25) is 0 Å². The predicted octanol–water partition coefficient (Wildman–Crippen LogP) is 3.88. The Hall–Kier alpha value is -2.11. The molecule has 126 valence electrons. The van der Waals surface area contributed by atoms with Crippen molar-refractivity contribution < 1.29 is 14.5 Å². The number of ether oxygens (including phenoxy) is 1. The predicted molar refractivity (Wildman–Crippen MR) is 87.5 cm³/mol. The molecule has 0 spiro atoms. The lowest BCUT2D eigenvalue weighted by atomic mass is 9.74. The van der Waals surface area contributed by atoms with Crippen molar-refractivity contribution >= 4 is 11.8 Å². The van der Waals surface area contributed by atoms with Crippen LogP contribution in [0.3, 0.4) is 0 Å². The van der Waals surface area contributed by atoms with E-state index in [1.54, 1.807) is 17.0 Å². The van der Waals surface area contributed by atoms with E-state index in [4.69, 9.17) is 4.74 Å². The van der Waals surface area contributed by atoms with Crippen LogP contribution in [0.4, 0.5) is 10.5 Å². The van der Waals surface area contributed by atoms with E-state index in [2.05, 4.69) is 6.92 Å². The van der Waals surface area contributed by atoms with Crippen LogP contribution in [-0.4, -0.2) is 34.6 Å². The number of piperidine rings is 1. The van der Waals surface area contributed by atoms with Crippen LogP contribution < -0.4 is 0 Å². The molecule has 0 unspecified atom stereocenters. The minimum absolute atomic E-state index is 0.0758. The van der Waals surface area contributed by atoms with Crippen LogP contribution in [0.2, 0.25) is 0 Å². The standard InChI is InChI=1S/C17H24N2O4/c1-16(2,3)23-15(20)18-11-9-17(4,10-12-18)13-5-7-14(8-6-13)19(21)22/h5-8H,9-12H2,1-4H3. The Bertz CT molecular complexity index is 582. The largest absolute Gasteiger partial charge is 0.444 e. The molecule has 6 nitrogen and oxygen atoms in total. The molecule has 0 bridgehead atoms. The van der Waals surface area contributed by atoms with Crippen LogP contribution in [0, 0.1) is 10.1 Å². The molecule has 1 saturated heterocycles. The summed E-state index contributed by atoms with van der Waals surface area (Å²) in [5, 5.41) is 10.7. The Kier molecular flexibility index (Phi) is 4.63. The summed E-state index contributed by atoms with van der Waals surface area (Å²) in [6, 6.07) is 6.73. The Labute approximate surface area is 136 Å². The smallest absolute Gasteiger partial charge is 0.410 e. The van der Waals surface area contributed by atoms with Crippen LogP contribution in [0.15, 0.2) is 24.3 Å². The number of non-ortho nitro benzene ring substituents is 1. The maximum atomic E-state index is 12.1. The van der Waals surface area contributed by atoms with Gasteiger partial charge in [-0.1, -0.05) is 19.1 Å². The molecule has 2 rings (SSSR count). The van der Waals surface area contributed by atoms with E-state index in [-0.39, 0.29) is 17.2 Å². The van der Waals surface area contributed by atoms with Gasteiger partial charge in [-0.2, -0.15) is 0 Å². The molecule has 0 radical (unpaired) electrons. The summed E-state index contributed by atoms with van der Waals surface area (Å²) in [6.07, 6.45) is 1.34. The number of nitrogens with zero attached hydrogens (tertiary/aromatic N) is 2. The molecule has 1 aromatic rings. The summed E-state index contributed by atoms with van der Waals surface area (Å²) in [6.45, 7) is 8.97. The molecule has 1 fully saturated rings. The minimum Gasteiger partial charge on any atom is -0.444 e. The van der Waals surface area contributed by atoms with Gasteiger partial charge < -0.3 is 9.64 Å².